The van der Waals surface area contributed by atoms with Gasteiger partial charge in [0.2, 0.25) is 0 Å². The first kappa shape index (κ1) is 13.7. The number of rotatable bonds is 3. The van der Waals surface area contributed by atoms with Crippen LogP contribution in [0.15, 0.2) is 67.3 Å². The van der Waals surface area contributed by atoms with Crippen LogP contribution in [0.3, 0.4) is 0 Å². The normalized spacial score (nSPS) is 10.8. The van der Waals surface area contributed by atoms with Crippen molar-refractivity contribution in [2.24, 2.45) is 0 Å². The maximum atomic E-state index is 6.08. The molecule has 0 aliphatic heterocycles. The smallest absolute Gasteiger partial charge is 0.144 e. The van der Waals surface area contributed by atoms with Gasteiger partial charge in [0.05, 0.1) is 5.69 Å². The minimum atomic E-state index is 0.686. The number of tetrazole rings is 1. The van der Waals surface area contributed by atoms with Crippen molar-refractivity contribution in [3.8, 4) is 22.8 Å². The van der Waals surface area contributed by atoms with E-state index in [2.05, 4.69) is 20.5 Å². The Kier molecular flexibility index (Phi) is 3.36. The summed E-state index contributed by atoms with van der Waals surface area (Å²) in [6.07, 6.45) is 5.25. The van der Waals surface area contributed by atoms with E-state index in [1.807, 2.05) is 59.3 Å². The summed E-state index contributed by atoms with van der Waals surface area (Å²) in [7, 11) is 0. The van der Waals surface area contributed by atoms with Gasteiger partial charge >= 0.3 is 0 Å². The molecule has 0 spiro atoms. The Morgan fingerprint density at radius 3 is 2.52 bits per heavy atom. The summed E-state index contributed by atoms with van der Waals surface area (Å²) in [5.41, 5.74) is 2.85. The van der Waals surface area contributed by atoms with E-state index in [4.69, 9.17) is 11.6 Å². The van der Waals surface area contributed by atoms with Crippen molar-refractivity contribution < 1.29 is 0 Å². The third-order valence-corrected chi connectivity index (χ3v) is 3.70. The van der Waals surface area contributed by atoms with Crippen LogP contribution in [0.1, 0.15) is 0 Å². The molecule has 0 aliphatic carbocycles. The van der Waals surface area contributed by atoms with Crippen molar-refractivity contribution in [3.05, 3.63) is 72.3 Å². The molecule has 0 saturated carbocycles. The number of hydrogen-bond donors (Lipinski definition) is 0. The Bertz CT molecular complexity index is 927. The molecule has 0 saturated heterocycles. The van der Waals surface area contributed by atoms with Gasteiger partial charge in [-0.15, -0.1) is 5.10 Å². The van der Waals surface area contributed by atoms with Crippen LogP contribution in [0, 0.1) is 0 Å². The first-order valence-electron chi connectivity index (χ1n) is 6.94. The molecule has 6 nitrogen and oxygen atoms in total. The zero-order valence-electron chi connectivity index (χ0n) is 11.9. The second kappa shape index (κ2) is 5.66. The number of halogens is 1. The standard InChI is InChI=1S/C16H11ClN6/c17-13-3-1-2-12(10-13)16-18-8-9-22(16)14-4-6-15(7-5-14)23-11-19-20-21-23/h1-11H. The second-order valence-corrected chi connectivity index (χ2v) is 5.34. The van der Waals surface area contributed by atoms with Crippen molar-refractivity contribution in [2.75, 3.05) is 0 Å². The van der Waals surface area contributed by atoms with E-state index in [0.717, 1.165) is 22.8 Å². The largest absolute Gasteiger partial charge is 0.300 e. The lowest BCUT2D eigenvalue weighted by molar-refractivity contribution is 0.789. The van der Waals surface area contributed by atoms with Gasteiger partial charge in [-0.2, -0.15) is 0 Å². The van der Waals surface area contributed by atoms with Gasteiger partial charge < -0.3 is 0 Å². The monoisotopic (exact) mass is 322 g/mol. The molecular weight excluding hydrogens is 312 g/mol. The van der Waals surface area contributed by atoms with E-state index in [0.29, 0.717) is 5.02 Å². The molecule has 2 aromatic heterocycles. The Morgan fingerprint density at radius 1 is 0.957 bits per heavy atom. The van der Waals surface area contributed by atoms with Crippen LogP contribution in [-0.4, -0.2) is 29.8 Å². The van der Waals surface area contributed by atoms with Crippen molar-refractivity contribution >= 4 is 11.6 Å². The van der Waals surface area contributed by atoms with Gasteiger partial charge in [-0.05, 0) is 46.8 Å². The highest BCUT2D eigenvalue weighted by Crippen LogP contribution is 2.24. The molecule has 2 aromatic carbocycles. The molecule has 0 unspecified atom stereocenters. The van der Waals surface area contributed by atoms with Gasteiger partial charge in [0.1, 0.15) is 12.2 Å². The Hall–Kier alpha value is -2.99. The molecule has 112 valence electrons. The predicted octanol–water partition coefficient (Wildman–Crippen LogP) is 3.17. The van der Waals surface area contributed by atoms with Gasteiger partial charge in [0, 0.05) is 28.7 Å². The van der Waals surface area contributed by atoms with E-state index in [9.17, 15) is 0 Å². The maximum Gasteiger partial charge on any atom is 0.144 e. The number of hydrogen-bond acceptors (Lipinski definition) is 4. The molecule has 0 fully saturated rings. The molecule has 0 radical (unpaired) electrons. The molecular formula is C16H11ClN6. The fourth-order valence-electron chi connectivity index (χ4n) is 2.40. The van der Waals surface area contributed by atoms with Gasteiger partial charge in [0.25, 0.3) is 0 Å². The third-order valence-electron chi connectivity index (χ3n) is 3.46. The van der Waals surface area contributed by atoms with E-state index in [1.165, 1.54) is 0 Å². The second-order valence-electron chi connectivity index (χ2n) is 4.90. The van der Waals surface area contributed by atoms with Gasteiger partial charge in [-0.1, -0.05) is 23.7 Å². The summed E-state index contributed by atoms with van der Waals surface area (Å²) in [5, 5.41) is 11.8. The molecule has 4 aromatic rings. The fraction of sp³-hybridized carbons (Fsp3) is 0. The summed E-state index contributed by atoms with van der Waals surface area (Å²) in [6.45, 7) is 0. The zero-order chi connectivity index (χ0) is 15.6. The highest BCUT2D eigenvalue weighted by atomic mass is 35.5. The number of imidazole rings is 1. The van der Waals surface area contributed by atoms with Gasteiger partial charge in [-0.3, -0.25) is 4.57 Å². The molecule has 2 heterocycles. The lowest BCUT2D eigenvalue weighted by Gasteiger charge is -2.09. The number of benzene rings is 2. The first-order valence-corrected chi connectivity index (χ1v) is 7.32. The van der Waals surface area contributed by atoms with E-state index in [-0.39, 0.29) is 0 Å². The maximum absolute atomic E-state index is 6.08. The van der Waals surface area contributed by atoms with Crippen molar-refractivity contribution in [2.45, 2.75) is 0 Å². The molecule has 0 bridgehead atoms. The quantitative estimate of drug-likeness (QED) is 0.581. The summed E-state index contributed by atoms with van der Waals surface area (Å²) in [4.78, 5) is 4.44. The molecule has 0 amide bonds. The van der Waals surface area contributed by atoms with Crippen molar-refractivity contribution in [1.29, 1.82) is 0 Å². The van der Waals surface area contributed by atoms with Crippen LogP contribution in [0.2, 0.25) is 5.02 Å². The van der Waals surface area contributed by atoms with Crippen molar-refractivity contribution in [1.82, 2.24) is 29.8 Å². The van der Waals surface area contributed by atoms with Gasteiger partial charge in [0.15, 0.2) is 0 Å². The number of aromatic nitrogens is 6. The summed E-state index contributed by atoms with van der Waals surface area (Å²) in [5.74, 6) is 0.836. The zero-order valence-corrected chi connectivity index (χ0v) is 12.7. The first-order chi connectivity index (χ1) is 11.3. The highest BCUT2D eigenvalue weighted by Gasteiger charge is 2.08. The van der Waals surface area contributed by atoms with Crippen LogP contribution in [0.5, 0.6) is 0 Å². The molecule has 0 aliphatic rings. The lowest BCUT2D eigenvalue weighted by Crippen LogP contribution is -1.98. The van der Waals surface area contributed by atoms with E-state index in [1.54, 1.807) is 17.2 Å². The summed E-state index contributed by atoms with van der Waals surface area (Å²) < 4.78 is 3.62. The highest BCUT2D eigenvalue weighted by molar-refractivity contribution is 6.30. The van der Waals surface area contributed by atoms with Crippen LogP contribution in [0.25, 0.3) is 22.8 Å². The van der Waals surface area contributed by atoms with Crippen LogP contribution in [-0.2, 0) is 0 Å². The third kappa shape index (κ3) is 2.60. The fourth-order valence-corrected chi connectivity index (χ4v) is 2.59. The molecule has 0 N–H and O–H groups in total. The average Bonchev–Trinajstić information content (AvgIpc) is 3.27. The molecule has 4 rings (SSSR count). The Balaban J connectivity index is 1.73. The summed E-state index contributed by atoms with van der Waals surface area (Å²) >= 11 is 6.08. The summed E-state index contributed by atoms with van der Waals surface area (Å²) in [6, 6.07) is 15.5. The topological polar surface area (TPSA) is 61.4 Å². The minimum absolute atomic E-state index is 0.686. The Morgan fingerprint density at radius 2 is 1.78 bits per heavy atom. The predicted molar refractivity (Wildman–Crippen MR) is 86.7 cm³/mol. The van der Waals surface area contributed by atoms with Crippen molar-refractivity contribution in [3.63, 3.8) is 0 Å². The molecule has 0 atom stereocenters. The minimum Gasteiger partial charge on any atom is -0.300 e. The lowest BCUT2D eigenvalue weighted by atomic mass is 10.2. The van der Waals surface area contributed by atoms with Crippen LogP contribution in [0.4, 0.5) is 0 Å². The number of nitrogens with zero attached hydrogens (tertiary/aromatic N) is 6. The molecule has 23 heavy (non-hydrogen) atoms. The van der Waals surface area contributed by atoms with Crippen LogP contribution >= 0.6 is 11.6 Å². The van der Waals surface area contributed by atoms with E-state index >= 15 is 0 Å². The average molecular weight is 323 g/mol. The Labute approximate surface area is 137 Å². The van der Waals surface area contributed by atoms with Gasteiger partial charge in [-0.25, -0.2) is 9.67 Å². The van der Waals surface area contributed by atoms with Crippen LogP contribution < -0.4 is 0 Å². The van der Waals surface area contributed by atoms with E-state index < -0.39 is 0 Å². The SMILES string of the molecule is Clc1cccc(-c2nccn2-c2ccc(-n3cnnn3)cc2)c1. The molecule has 7 heteroatoms.